The van der Waals surface area contributed by atoms with Gasteiger partial charge in [-0.3, -0.25) is 4.90 Å². The highest BCUT2D eigenvalue weighted by Gasteiger charge is 2.48. The lowest BCUT2D eigenvalue weighted by atomic mass is 9.88. The van der Waals surface area contributed by atoms with E-state index in [2.05, 4.69) is 17.9 Å². The normalized spacial score (nSPS) is 40.9. The third-order valence-electron chi connectivity index (χ3n) is 3.69. The van der Waals surface area contributed by atoms with Crippen molar-refractivity contribution < 1.29 is 5.11 Å². The lowest BCUT2D eigenvalue weighted by Crippen LogP contribution is -2.39. The van der Waals surface area contributed by atoms with Crippen LogP contribution in [0, 0.1) is 17.2 Å². The van der Waals surface area contributed by atoms with Gasteiger partial charge in [0.05, 0.1) is 17.6 Å². The molecule has 0 aromatic heterocycles. The summed E-state index contributed by atoms with van der Waals surface area (Å²) in [6.07, 6.45) is 3.28. The van der Waals surface area contributed by atoms with Crippen molar-refractivity contribution in [3.63, 3.8) is 0 Å². The second kappa shape index (κ2) is 3.22. The molecular formula is C11H18N2O. The second-order valence-electron chi connectivity index (χ2n) is 4.91. The first-order valence-corrected chi connectivity index (χ1v) is 5.44. The van der Waals surface area contributed by atoms with Crippen molar-refractivity contribution in [3.05, 3.63) is 0 Å². The van der Waals surface area contributed by atoms with Gasteiger partial charge in [-0.1, -0.05) is 0 Å². The highest BCUT2D eigenvalue weighted by molar-refractivity contribution is 5.07. The van der Waals surface area contributed by atoms with E-state index in [1.165, 1.54) is 12.8 Å². The van der Waals surface area contributed by atoms with E-state index in [1.54, 1.807) is 0 Å². The van der Waals surface area contributed by atoms with Crippen LogP contribution in [-0.4, -0.2) is 34.2 Å². The molecule has 2 fully saturated rings. The Balaban J connectivity index is 2.07. The van der Waals surface area contributed by atoms with Crippen molar-refractivity contribution >= 4 is 0 Å². The van der Waals surface area contributed by atoms with E-state index in [0.717, 1.165) is 6.42 Å². The number of likely N-dealkylation sites (tertiary alicyclic amines) is 1. The molecule has 1 heterocycles. The van der Waals surface area contributed by atoms with Crippen molar-refractivity contribution in [2.45, 2.75) is 50.8 Å². The van der Waals surface area contributed by atoms with Gasteiger partial charge in [-0.05, 0) is 33.1 Å². The number of hydrogen-bond donors (Lipinski definition) is 1. The second-order valence-corrected chi connectivity index (χ2v) is 4.91. The molecule has 3 nitrogen and oxygen atoms in total. The topological polar surface area (TPSA) is 47.3 Å². The summed E-state index contributed by atoms with van der Waals surface area (Å²) in [7, 11) is 0. The molecule has 2 aliphatic rings. The number of β-amino-alcohol motifs (C(OH)–C–C–N with tert-alkyl or cyclic N) is 1. The van der Waals surface area contributed by atoms with E-state index in [-0.39, 0.29) is 5.92 Å². The molecule has 1 saturated carbocycles. The molecule has 3 atom stereocenters. The smallest absolute Gasteiger partial charge is 0.0943 e. The highest BCUT2D eigenvalue weighted by Crippen LogP contribution is 2.39. The number of aliphatic hydroxyl groups is 1. The summed E-state index contributed by atoms with van der Waals surface area (Å²) in [5, 5.41) is 19.2. The lowest BCUT2D eigenvalue weighted by Gasteiger charge is -2.25. The molecule has 0 amide bonds. The van der Waals surface area contributed by atoms with Crippen molar-refractivity contribution in [2.75, 3.05) is 6.54 Å². The first-order chi connectivity index (χ1) is 6.57. The minimum Gasteiger partial charge on any atom is -0.387 e. The summed E-state index contributed by atoms with van der Waals surface area (Å²) in [5.41, 5.74) is -0.767. The van der Waals surface area contributed by atoms with E-state index in [4.69, 9.17) is 5.26 Å². The molecule has 2 rings (SSSR count). The average molecular weight is 194 g/mol. The molecule has 0 spiro atoms. The number of nitriles is 1. The maximum Gasteiger partial charge on any atom is 0.0943 e. The van der Waals surface area contributed by atoms with Gasteiger partial charge in [-0.2, -0.15) is 5.26 Å². The van der Waals surface area contributed by atoms with E-state index < -0.39 is 5.60 Å². The molecule has 1 saturated heterocycles. The fourth-order valence-corrected chi connectivity index (χ4v) is 2.49. The molecule has 0 radical (unpaired) electrons. The minimum atomic E-state index is -0.767. The SMILES string of the molecule is CC1CC(O)(C(C)C#N)CN1C1CC1. The van der Waals surface area contributed by atoms with Crippen LogP contribution in [-0.2, 0) is 0 Å². The zero-order valence-corrected chi connectivity index (χ0v) is 8.90. The fraction of sp³-hybridized carbons (Fsp3) is 0.909. The summed E-state index contributed by atoms with van der Waals surface area (Å²) in [5.74, 6) is -0.256. The highest BCUT2D eigenvalue weighted by atomic mass is 16.3. The van der Waals surface area contributed by atoms with Crippen LogP contribution in [0.15, 0.2) is 0 Å². The van der Waals surface area contributed by atoms with Gasteiger partial charge in [-0.15, -0.1) is 0 Å². The Morgan fingerprint density at radius 2 is 2.21 bits per heavy atom. The minimum absolute atomic E-state index is 0.256. The van der Waals surface area contributed by atoms with Crippen molar-refractivity contribution in [3.8, 4) is 6.07 Å². The quantitative estimate of drug-likeness (QED) is 0.717. The zero-order valence-electron chi connectivity index (χ0n) is 8.90. The molecule has 0 aromatic carbocycles. The third-order valence-corrected chi connectivity index (χ3v) is 3.69. The van der Waals surface area contributed by atoms with Gasteiger partial charge in [0, 0.05) is 18.6 Å². The summed E-state index contributed by atoms with van der Waals surface area (Å²) in [4.78, 5) is 2.37. The predicted molar refractivity (Wildman–Crippen MR) is 53.5 cm³/mol. The van der Waals surface area contributed by atoms with E-state index in [9.17, 15) is 5.11 Å². The monoisotopic (exact) mass is 194 g/mol. The van der Waals surface area contributed by atoms with Crippen LogP contribution >= 0.6 is 0 Å². The third kappa shape index (κ3) is 1.53. The summed E-state index contributed by atoms with van der Waals surface area (Å²) in [6, 6.07) is 3.29. The van der Waals surface area contributed by atoms with E-state index in [0.29, 0.717) is 18.6 Å². The van der Waals surface area contributed by atoms with Gasteiger partial charge in [0.25, 0.3) is 0 Å². The van der Waals surface area contributed by atoms with E-state index in [1.807, 2.05) is 6.92 Å². The molecule has 78 valence electrons. The van der Waals surface area contributed by atoms with Crippen molar-refractivity contribution in [2.24, 2.45) is 5.92 Å². The molecule has 0 aromatic rings. The maximum absolute atomic E-state index is 10.3. The average Bonchev–Trinajstić information content (AvgIpc) is 2.92. The first kappa shape index (κ1) is 9.95. The van der Waals surface area contributed by atoms with Gasteiger partial charge < -0.3 is 5.11 Å². The zero-order chi connectivity index (χ0) is 10.3. The first-order valence-electron chi connectivity index (χ1n) is 5.44. The Hall–Kier alpha value is -0.590. The van der Waals surface area contributed by atoms with Crippen LogP contribution in [0.1, 0.15) is 33.1 Å². The van der Waals surface area contributed by atoms with Crippen LogP contribution < -0.4 is 0 Å². The fourth-order valence-electron chi connectivity index (χ4n) is 2.49. The van der Waals surface area contributed by atoms with Gasteiger partial charge in [0.2, 0.25) is 0 Å². The summed E-state index contributed by atoms with van der Waals surface area (Å²) in [6.45, 7) is 4.66. The van der Waals surface area contributed by atoms with E-state index >= 15 is 0 Å². The molecule has 3 unspecified atom stereocenters. The Morgan fingerprint density at radius 1 is 1.57 bits per heavy atom. The van der Waals surface area contributed by atoms with Gasteiger partial charge in [0.1, 0.15) is 0 Å². The Bertz CT molecular complexity index is 269. The number of hydrogen-bond acceptors (Lipinski definition) is 3. The maximum atomic E-state index is 10.3. The van der Waals surface area contributed by atoms with Crippen LogP contribution in [0.2, 0.25) is 0 Å². The molecule has 1 aliphatic heterocycles. The van der Waals surface area contributed by atoms with Crippen molar-refractivity contribution in [1.29, 1.82) is 5.26 Å². The van der Waals surface area contributed by atoms with Crippen LogP contribution in [0.3, 0.4) is 0 Å². The Kier molecular flexibility index (Phi) is 2.29. The molecule has 1 aliphatic carbocycles. The Morgan fingerprint density at radius 3 is 2.71 bits per heavy atom. The lowest BCUT2D eigenvalue weighted by molar-refractivity contribution is 0.0171. The molecule has 14 heavy (non-hydrogen) atoms. The summed E-state index contributed by atoms with van der Waals surface area (Å²) >= 11 is 0. The number of nitrogens with zero attached hydrogens (tertiary/aromatic N) is 2. The molecule has 0 bridgehead atoms. The number of rotatable bonds is 2. The predicted octanol–water partition coefficient (Wildman–Crippen LogP) is 1.13. The van der Waals surface area contributed by atoms with Crippen LogP contribution in [0.5, 0.6) is 0 Å². The molecular weight excluding hydrogens is 176 g/mol. The van der Waals surface area contributed by atoms with Gasteiger partial charge >= 0.3 is 0 Å². The van der Waals surface area contributed by atoms with Crippen LogP contribution in [0.4, 0.5) is 0 Å². The molecule has 1 N–H and O–H groups in total. The summed E-state index contributed by atoms with van der Waals surface area (Å²) < 4.78 is 0. The Labute approximate surface area is 85.3 Å². The van der Waals surface area contributed by atoms with Gasteiger partial charge in [-0.25, -0.2) is 0 Å². The van der Waals surface area contributed by atoms with Crippen LogP contribution in [0.25, 0.3) is 0 Å². The van der Waals surface area contributed by atoms with Crippen molar-refractivity contribution in [1.82, 2.24) is 4.90 Å². The van der Waals surface area contributed by atoms with Gasteiger partial charge in [0.15, 0.2) is 0 Å². The standard InChI is InChI=1S/C11H18N2O/c1-8(6-12)11(14)5-9(2)13(7-11)10-3-4-10/h8-10,14H,3-5,7H2,1-2H3. The largest absolute Gasteiger partial charge is 0.387 e. The molecule has 3 heteroatoms.